The minimum Gasteiger partial charge on any atom is -0.469 e. The smallest absolute Gasteiger partial charge is 0.306 e. The Bertz CT molecular complexity index is 158. The van der Waals surface area contributed by atoms with Gasteiger partial charge in [-0.3, -0.25) is 9.59 Å². The maximum Gasteiger partial charge on any atom is 0.306 e. The summed E-state index contributed by atoms with van der Waals surface area (Å²) in [6.45, 7) is 8.00. The number of methoxy groups -OCH3 is 1. The molecule has 4 heteroatoms. The second kappa shape index (κ2) is 21.2. The van der Waals surface area contributed by atoms with E-state index in [9.17, 15) is 9.59 Å². The summed E-state index contributed by atoms with van der Waals surface area (Å²) in [6.07, 6.45) is 6.35. The molecule has 0 heterocycles. The fraction of sp³-hybridized carbons (Fsp3) is 0.857. The number of hydrogen-bond donors (Lipinski definition) is 1. The van der Waals surface area contributed by atoms with Gasteiger partial charge in [-0.05, 0) is 0 Å². The van der Waals surface area contributed by atoms with E-state index in [-0.39, 0.29) is 24.7 Å². The van der Waals surface area contributed by atoms with Crippen molar-refractivity contribution in [3.05, 3.63) is 0 Å². The first-order chi connectivity index (χ1) is 8.70. The Morgan fingerprint density at radius 3 is 1.56 bits per heavy atom. The van der Waals surface area contributed by atoms with E-state index in [2.05, 4.69) is 10.1 Å². The van der Waals surface area contributed by atoms with Crippen LogP contribution in [-0.4, -0.2) is 26.0 Å². The number of carbonyl (C=O) groups is 2. The van der Waals surface area contributed by atoms with Gasteiger partial charge in [-0.1, -0.05) is 53.4 Å². The van der Waals surface area contributed by atoms with Crippen LogP contribution in [0, 0.1) is 0 Å². The highest BCUT2D eigenvalue weighted by molar-refractivity contribution is 5.80. The topological polar surface area (TPSA) is 55.4 Å². The Morgan fingerprint density at radius 1 is 0.944 bits per heavy atom. The van der Waals surface area contributed by atoms with Gasteiger partial charge in [0.05, 0.1) is 13.5 Å². The Morgan fingerprint density at radius 2 is 1.33 bits per heavy atom. The van der Waals surface area contributed by atoms with Crippen LogP contribution < -0.4 is 5.32 Å². The molecule has 4 nitrogen and oxygen atoms in total. The summed E-state index contributed by atoms with van der Waals surface area (Å²) >= 11 is 0. The summed E-state index contributed by atoms with van der Waals surface area (Å²) < 4.78 is 4.33. The van der Waals surface area contributed by atoms with Crippen LogP contribution in [-0.2, 0) is 14.3 Å². The Hall–Kier alpha value is -1.06. The molecule has 0 radical (unpaired) electrons. The van der Waals surface area contributed by atoms with Crippen molar-refractivity contribution in [3.8, 4) is 0 Å². The number of esters is 1. The molecule has 18 heavy (non-hydrogen) atoms. The highest BCUT2D eigenvalue weighted by atomic mass is 16.5. The first-order valence-corrected chi connectivity index (χ1v) is 6.98. The number of ether oxygens (including phenoxy) is 1. The highest BCUT2D eigenvalue weighted by Gasteiger charge is 2.03. The second-order valence-corrected chi connectivity index (χ2v) is 3.16. The van der Waals surface area contributed by atoms with E-state index in [0.29, 0.717) is 0 Å². The molecular weight excluding hydrogens is 230 g/mol. The molecule has 1 amide bonds. The van der Waals surface area contributed by atoms with Crippen LogP contribution in [0.1, 0.15) is 66.2 Å². The Balaban J connectivity index is -0.000000230. The van der Waals surface area contributed by atoms with Crippen LogP contribution in [0.3, 0.4) is 0 Å². The third-order valence-electron chi connectivity index (χ3n) is 2.06. The van der Waals surface area contributed by atoms with Gasteiger partial charge in [0.2, 0.25) is 5.91 Å². The van der Waals surface area contributed by atoms with Crippen LogP contribution >= 0.6 is 0 Å². The van der Waals surface area contributed by atoms with Gasteiger partial charge in [-0.2, -0.15) is 0 Å². The predicted octanol–water partition coefficient (Wildman–Crippen LogP) is 3.30. The molecule has 0 aliphatic heterocycles. The number of carbonyl (C=O) groups excluding carboxylic acids is 2. The molecule has 1 rings (SSSR count). The number of amides is 1. The van der Waals surface area contributed by atoms with Crippen LogP contribution in [0.5, 0.6) is 0 Å². The second-order valence-electron chi connectivity index (χ2n) is 3.16. The van der Waals surface area contributed by atoms with Crippen LogP contribution in [0.15, 0.2) is 0 Å². The summed E-state index contributed by atoms with van der Waals surface area (Å²) in [5.74, 6) is -0.506. The van der Waals surface area contributed by atoms with Gasteiger partial charge < -0.3 is 10.1 Å². The normalized spacial score (nSPS) is 10.8. The summed E-state index contributed by atoms with van der Waals surface area (Å²) in [5.41, 5.74) is 0. The van der Waals surface area contributed by atoms with Crippen molar-refractivity contribution in [2.75, 3.05) is 14.2 Å². The maximum atomic E-state index is 10.5. The third kappa shape index (κ3) is 20.4. The lowest BCUT2D eigenvalue weighted by Crippen LogP contribution is -2.18. The lowest BCUT2D eigenvalue weighted by atomic mass is 10.0. The van der Waals surface area contributed by atoms with E-state index in [1.165, 1.54) is 39.8 Å². The first kappa shape index (κ1) is 22.1. The van der Waals surface area contributed by atoms with Crippen LogP contribution in [0.25, 0.3) is 0 Å². The quantitative estimate of drug-likeness (QED) is 0.793. The lowest BCUT2D eigenvalue weighted by molar-refractivity contribution is -0.142. The lowest BCUT2D eigenvalue weighted by Gasteiger charge is -2.05. The monoisotopic (exact) mass is 261 g/mol. The van der Waals surface area contributed by atoms with Gasteiger partial charge in [0.1, 0.15) is 0 Å². The third-order valence-corrected chi connectivity index (χ3v) is 2.06. The Kier molecular flexibility index (Phi) is 26.1. The molecule has 0 unspecified atom stereocenters. The number of rotatable bonds is 3. The molecule has 1 aliphatic rings. The van der Waals surface area contributed by atoms with Gasteiger partial charge in [-0.15, -0.1) is 0 Å². The molecule has 110 valence electrons. The van der Waals surface area contributed by atoms with Crippen molar-refractivity contribution < 1.29 is 14.3 Å². The molecule has 0 aromatic rings. The molecule has 1 saturated carbocycles. The molecule has 1 fully saturated rings. The molecule has 0 aromatic carbocycles. The first-order valence-electron chi connectivity index (χ1n) is 6.98. The van der Waals surface area contributed by atoms with E-state index in [0.717, 1.165) is 0 Å². The maximum absolute atomic E-state index is 10.5. The Labute approximate surface area is 112 Å². The summed E-state index contributed by atoms with van der Waals surface area (Å²) in [4.78, 5) is 20.9. The van der Waals surface area contributed by atoms with E-state index < -0.39 is 0 Å². The number of hydrogen-bond acceptors (Lipinski definition) is 3. The van der Waals surface area contributed by atoms with Gasteiger partial charge in [0.25, 0.3) is 0 Å². The standard InChI is InChI=1S/C6H11NO3.C4H8.2C2H6/c1-7-5(8)3-4-6(9)10-2;1-2-4-3-1;2*1-2/h3-4H2,1-2H3,(H,7,8);1-4H2;2*1-2H3. The molecule has 1 N–H and O–H groups in total. The zero-order valence-corrected chi connectivity index (χ0v) is 13.0. The molecule has 0 saturated heterocycles. The molecule has 0 atom stereocenters. The van der Waals surface area contributed by atoms with E-state index in [1.54, 1.807) is 0 Å². The molecule has 0 spiro atoms. The van der Waals surface area contributed by atoms with Gasteiger partial charge in [0, 0.05) is 13.5 Å². The van der Waals surface area contributed by atoms with E-state index in [4.69, 9.17) is 0 Å². The fourth-order valence-electron chi connectivity index (χ4n) is 0.693. The molecule has 1 aliphatic carbocycles. The largest absolute Gasteiger partial charge is 0.469 e. The van der Waals surface area contributed by atoms with Crippen molar-refractivity contribution in [1.82, 2.24) is 5.32 Å². The minimum atomic E-state index is -0.358. The van der Waals surface area contributed by atoms with Gasteiger partial charge in [-0.25, -0.2) is 0 Å². The van der Waals surface area contributed by atoms with Crippen molar-refractivity contribution in [3.63, 3.8) is 0 Å². The van der Waals surface area contributed by atoms with E-state index >= 15 is 0 Å². The summed E-state index contributed by atoms with van der Waals surface area (Å²) in [6, 6.07) is 0. The minimum absolute atomic E-state index is 0.148. The summed E-state index contributed by atoms with van der Waals surface area (Å²) in [5, 5.41) is 2.40. The SMILES string of the molecule is C1CCC1.CC.CC.CNC(=O)CCC(=O)OC. The van der Waals surface area contributed by atoms with Gasteiger partial charge in [0.15, 0.2) is 0 Å². The van der Waals surface area contributed by atoms with Crippen molar-refractivity contribution in [2.45, 2.75) is 66.2 Å². The van der Waals surface area contributed by atoms with E-state index in [1.807, 2.05) is 27.7 Å². The van der Waals surface area contributed by atoms with Crippen LogP contribution in [0.4, 0.5) is 0 Å². The molecule has 0 bridgehead atoms. The molecular formula is C14H31NO3. The summed E-state index contributed by atoms with van der Waals surface area (Å²) in [7, 11) is 2.83. The van der Waals surface area contributed by atoms with Crippen molar-refractivity contribution in [1.29, 1.82) is 0 Å². The zero-order valence-electron chi connectivity index (χ0n) is 13.0. The predicted molar refractivity (Wildman–Crippen MR) is 76.5 cm³/mol. The zero-order chi connectivity index (χ0) is 14.8. The average molecular weight is 261 g/mol. The highest BCUT2D eigenvalue weighted by Crippen LogP contribution is 2.15. The number of nitrogens with one attached hydrogen (secondary N) is 1. The fourth-order valence-corrected chi connectivity index (χ4v) is 0.693. The van der Waals surface area contributed by atoms with Crippen LogP contribution in [0.2, 0.25) is 0 Å². The molecule has 0 aromatic heterocycles. The average Bonchev–Trinajstić information content (AvgIpc) is 2.38. The van der Waals surface area contributed by atoms with Crippen molar-refractivity contribution >= 4 is 11.9 Å². The van der Waals surface area contributed by atoms with Crippen molar-refractivity contribution in [2.24, 2.45) is 0 Å². The van der Waals surface area contributed by atoms with Gasteiger partial charge >= 0.3 is 5.97 Å².